The molecule has 0 fully saturated rings. The second kappa shape index (κ2) is 15.6. The molecule has 0 atom stereocenters. The Labute approximate surface area is 235 Å². The minimum absolute atomic E-state index is 0. The van der Waals surface area contributed by atoms with Gasteiger partial charge in [-0.3, -0.25) is 9.78 Å². The first-order valence-corrected chi connectivity index (χ1v) is 8.75. The second-order valence-corrected chi connectivity index (χ2v) is 6.24. The number of hydrogen-bond acceptors (Lipinski definition) is 11. The summed E-state index contributed by atoms with van der Waals surface area (Å²) in [6.45, 7) is 2.78. The summed E-state index contributed by atoms with van der Waals surface area (Å²) in [6.07, 6.45) is 0.709. The third-order valence-corrected chi connectivity index (χ3v) is 3.91. The molecule has 0 aromatic carbocycles. The van der Waals surface area contributed by atoms with Gasteiger partial charge in [0.1, 0.15) is 13.2 Å². The molecular formula is C18H18FN3Na2O10. The number of nitrogens with one attached hydrogen (secondary N) is 3. The van der Waals surface area contributed by atoms with E-state index in [-0.39, 0.29) is 70.3 Å². The number of aromatic nitrogens is 2. The third-order valence-electron chi connectivity index (χ3n) is 3.91. The van der Waals surface area contributed by atoms with Crippen molar-refractivity contribution in [2.75, 3.05) is 13.2 Å². The molecule has 1 aromatic rings. The summed E-state index contributed by atoms with van der Waals surface area (Å²) >= 11 is 0. The van der Waals surface area contributed by atoms with E-state index in [2.05, 4.69) is 14.8 Å². The molecule has 3 N–H and O–H groups in total. The van der Waals surface area contributed by atoms with Crippen molar-refractivity contribution >= 4 is 23.9 Å². The van der Waals surface area contributed by atoms with Gasteiger partial charge in [-0.2, -0.15) is 4.39 Å². The van der Waals surface area contributed by atoms with E-state index in [4.69, 9.17) is 0 Å². The van der Waals surface area contributed by atoms with Crippen LogP contribution in [0.25, 0.3) is 0 Å². The molecule has 34 heavy (non-hydrogen) atoms. The SMILES string of the molecule is CC1=C(C(=O)OCC(=O)[O-])C(C)C(C(=O)OCC(=O)[O-])=C(C)N1.O=c1[nH]cc(F)c(=O)[nH]1.[Na+].[Na+]. The maximum absolute atomic E-state index is 12.0. The number of rotatable bonds is 6. The zero-order valence-electron chi connectivity index (χ0n) is 19.0. The molecule has 16 heteroatoms. The number of dihydropyridines is 1. The van der Waals surface area contributed by atoms with Crippen molar-refractivity contribution in [2.45, 2.75) is 20.8 Å². The number of carboxylic acids is 2. The molecule has 0 amide bonds. The smallest absolute Gasteiger partial charge is 0.546 e. The number of H-pyrrole nitrogens is 2. The number of hydrogen-bond donors (Lipinski definition) is 3. The number of halogens is 1. The predicted molar refractivity (Wildman–Crippen MR) is 97.3 cm³/mol. The van der Waals surface area contributed by atoms with Crippen molar-refractivity contribution in [2.24, 2.45) is 5.92 Å². The van der Waals surface area contributed by atoms with Gasteiger partial charge in [-0.1, -0.05) is 6.92 Å². The van der Waals surface area contributed by atoms with Gasteiger partial charge in [-0.05, 0) is 13.8 Å². The normalized spacial score (nSPS) is 12.7. The fraction of sp³-hybridized carbons (Fsp3) is 0.333. The van der Waals surface area contributed by atoms with Crippen LogP contribution in [0, 0.1) is 11.7 Å². The number of carbonyl (C=O) groups is 4. The van der Waals surface area contributed by atoms with E-state index in [1.54, 1.807) is 18.8 Å². The Balaban J connectivity index is 0. The maximum atomic E-state index is 12.0. The first-order valence-electron chi connectivity index (χ1n) is 8.75. The molecule has 2 rings (SSSR count). The number of aliphatic carboxylic acids is 2. The van der Waals surface area contributed by atoms with Crippen LogP contribution in [0.4, 0.5) is 4.39 Å². The van der Waals surface area contributed by atoms with Gasteiger partial charge in [-0.25, -0.2) is 14.4 Å². The number of carboxylic acid groups (broad SMARTS) is 2. The quantitative estimate of drug-likeness (QED) is 0.246. The van der Waals surface area contributed by atoms with Gasteiger partial charge in [-0.15, -0.1) is 0 Å². The zero-order valence-corrected chi connectivity index (χ0v) is 23.0. The van der Waals surface area contributed by atoms with Crippen molar-refractivity contribution in [3.8, 4) is 0 Å². The molecule has 13 nitrogen and oxygen atoms in total. The summed E-state index contributed by atoms with van der Waals surface area (Å²) in [5.41, 5.74) is -0.862. The van der Waals surface area contributed by atoms with E-state index in [0.717, 1.165) is 0 Å². The van der Waals surface area contributed by atoms with E-state index in [1.807, 2.05) is 4.98 Å². The molecule has 1 aromatic heterocycles. The van der Waals surface area contributed by atoms with Crippen LogP contribution in [0.15, 0.2) is 38.3 Å². The van der Waals surface area contributed by atoms with E-state index in [1.165, 1.54) is 6.92 Å². The summed E-state index contributed by atoms with van der Waals surface area (Å²) in [5, 5.41) is 23.5. The monoisotopic (exact) mass is 501 g/mol. The van der Waals surface area contributed by atoms with Gasteiger partial charge in [0.15, 0.2) is 0 Å². The van der Waals surface area contributed by atoms with E-state index in [0.29, 0.717) is 17.6 Å². The minimum Gasteiger partial charge on any atom is -0.546 e. The van der Waals surface area contributed by atoms with Crippen LogP contribution in [-0.4, -0.2) is 47.1 Å². The van der Waals surface area contributed by atoms with Gasteiger partial charge >= 0.3 is 76.7 Å². The second-order valence-electron chi connectivity index (χ2n) is 6.24. The molecule has 0 radical (unpaired) electrons. The van der Waals surface area contributed by atoms with Gasteiger partial charge in [0.25, 0.3) is 5.56 Å². The Kier molecular flexibility index (Phi) is 15.6. The Morgan fingerprint density at radius 3 is 1.68 bits per heavy atom. The van der Waals surface area contributed by atoms with Gasteiger partial charge in [0.2, 0.25) is 5.82 Å². The molecule has 1 aliphatic heterocycles. The Morgan fingerprint density at radius 1 is 0.941 bits per heavy atom. The molecule has 0 unspecified atom stereocenters. The van der Waals surface area contributed by atoms with E-state index >= 15 is 0 Å². The summed E-state index contributed by atoms with van der Waals surface area (Å²) in [7, 11) is 0. The van der Waals surface area contributed by atoms with Crippen LogP contribution in [0.3, 0.4) is 0 Å². The van der Waals surface area contributed by atoms with E-state index < -0.39 is 60.1 Å². The zero-order chi connectivity index (χ0) is 24.6. The van der Waals surface area contributed by atoms with Gasteiger partial charge < -0.3 is 39.6 Å². The fourth-order valence-electron chi connectivity index (χ4n) is 2.67. The topological polar surface area (TPSA) is 211 Å². The van der Waals surface area contributed by atoms with Crippen molar-refractivity contribution in [3.05, 3.63) is 55.4 Å². The average molecular weight is 501 g/mol. The van der Waals surface area contributed by atoms with Crippen molar-refractivity contribution in [1.82, 2.24) is 15.3 Å². The predicted octanol–water partition coefficient (Wildman–Crippen LogP) is -9.43. The molecule has 1 aliphatic rings. The summed E-state index contributed by atoms with van der Waals surface area (Å²) < 4.78 is 21.1. The van der Waals surface area contributed by atoms with Gasteiger partial charge in [0, 0.05) is 23.5 Å². The molecule has 0 aliphatic carbocycles. The number of allylic oxidation sites excluding steroid dienone is 2. The van der Waals surface area contributed by atoms with Crippen molar-refractivity contribution < 1.29 is 102 Å². The number of carbonyl (C=O) groups excluding carboxylic acids is 4. The van der Waals surface area contributed by atoms with Crippen molar-refractivity contribution in [1.29, 1.82) is 0 Å². The summed E-state index contributed by atoms with van der Waals surface area (Å²) in [5.74, 6) is -6.75. The molecule has 174 valence electrons. The summed E-state index contributed by atoms with van der Waals surface area (Å²) in [6, 6.07) is 0. The van der Waals surface area contributed by atoms with Crippen molar-refractivity contribution in [3.63, 3.8) is 0 Å². The van der Waals surface area contributed by atoms with Crippen LogP contribution in [-0.2, 0) is 28.7 Å². The van der Waals surface area contributed by atoms with Gasteiger partial charge in [0.05, 0.1) is 23.1 Å². The van der Waals surface area contributed by atoms with Crippen LogP contribution in [0.1, 0.15) is 20.8 Å². The largest absolute Gasteiger partial charge is 1.00 e. The maximum Gasteiger partial charge on any atom is 1.00 e. The fourth-order valence-corrected chi connectivity index (χ4v) is 2.67. The summed E-state index contributed by atoms with van der Waals surface area (Å²) in [4.78, 5) is 68.7. The standard InChI is InChI=1S/C14H17NO8.C4H3FN2O2.2Na/c1-6-11(13(20)22-4-9(16)17)7(2)15-8(3)12(6)14(21)23-5-10(18)19;5-2-1-6-4(9)7-3(2)8;;/h6,15H,4-5H2,1-3H3,(H,16,17)(H,18,19);1H,(H2,6,7,8,9);;/q;;2*+1/p-2. The molecule has 0 saturated carbocycles. The Hall–Kier alpha value is -2.23. The number of ether oxygens (including phenoxy) is 2. The average Bonchev–Trinajstić information content (AvgIpc) is 2.68. The Morgan fingerprint density at radius 2 is 1.35 bits per heavy atom. The molecular weight excluding hydrogens is 483 g/mol. The van der Waals surface area contributed by atoms with Crippen LogP contribution >= 0.6 is 0 Å². The first kappa shape index (κ1) is 33.9. The number of esters is 2. The molecule has 0 bridgehead atoms. The third kappa shape index (κ3) is 10.4. The van der Waals surface area contributed by atoms with E-state index in [9.17, 15) is 43.4 Å². The Bertz CT molecular complexity index is 1060. The van der Waals surface area contributed by atoms with Crippen LogP contribution < -0.4 is 85.9 Å². The van der Waals surface area contributed by atoms with Crippen LogP contribution in [0.5, 0.6) is 0 Å². The molecule has 0 saturated heterocycles. The first-order chi connectivity index (χ1) is 14.8. The molecule has 2 heterocycles. The minimum atomic E-state index is -1.56. The number of aromatic amines is 2. The van der Waals surface area contributed by atoms with Crippen LogP contribution in [0.2, 0.25) is 0 Å². The molecule has 0 spiro atoms.